The van der Waals surface area contributed by atoms with Crippen molar-refractivity contribution in [2.75, 3.05) is 33.2 Å². The maximum atomic E-state index is 12.2. The van der Waals surface area contributed by atoms with Crippen molar-refractivity contribution in [2.45, 2.75) is 26.7 Å². The number of rotatable bonds is 8. The Morgan fingerprint density at radius 2 is 1.47 bits per heavy atom. The normalized spacial score (nSPS) is 9.84. The predicted octanol–water partition coefficient (Wildman–Crippen LogP) is 0.361. The Hall–Kier alpha value is -1.79. The predicted molar refractivity (Wildman–Crippen MR) is 70.8 cm³/mol. The summed E-state index contributed by atoms with van der Waals surface area (Å²) >= 11 is 0. The van der Waals surface area contributed by atoms with Crippen molar-refractivity contribution in [3.8, 4) is 0 Å². The lowest BCUT2D eigenvalue weighted by atomic mass is 10.3. The summed E-state index contributed by atoms with van der Waals surface area (Å²) in [5.74, 6) is -1.33. The van der Waals surface area contributed by atoms with Gasteiger partial charge < -0.3 is 20.2 Å². The van der Waals surface area contributed by atoms with Gasteiger partial charge in [0.2, 0.25) is 5.91 Å². The third-order valence-electron chi connectivity index (χ3n) is 2.47. The topological polar surface area (TPSA) is 90.0 Å². The molecule has 0 atom stereocenters. The zero-order chi connectivity index (χ0) is 14.8. The number of urea groups is 1. The lowest BCUT2D eigenvalue weighted by Crippen LogP contribution is -2.49. The second-order valence-electron chi connectivity index (χ2n) is 4.19. The summed E-state index contributed by atoms with van der Waals surface area (Å²) in [6.07, 6.45) is 1.37. The molecule has 3 amide bonds. The van der Waals surface area contributed by atoms with Crippen LogP contribution in [0.4, 0.5) is 4.79 Å². The quantitative estimate of drug-likeness (QED) is 0.668. The molecule has 0 saturated heterocycles. The zero-order valence-corrected chi connectivity index (χ0v) is 11.8. The van der Waals surface area contributed by atoms with Gasteiger partial charge in [0.25, 0.3) is 0 Å². The van der Waals surface area contributed by atoms with Gasteiger partial charge in [-0.3, -0.25) is 9.59 Å². The maximum Gasteiger partial charge on any atom is 0.323 e. The van der Waals surface area contributed by atoms with E-state index in [1.54, 1.807) is 0 Å². The van der Waals surface area contributed by atoms with Crippen molar-refractivity contribution in [1.29, 1.82) is 0 Å². The van der Waals surface area contributed by atoms with Gasteiger partial charge in [-0.25, -0.2) is 4.79 Å². The van der Waals surface area contributed by atoms with Crippen LogP contribution in [0.25, 0.3) is 0 Å². The minimum atomic E-state index is -1.06. The number of aliphatic carboxylic acids is 1. The molecule has 0 aliphatic rings. The van der Waals surface area contributed by atoms with Crippen LogP contribution < -0.4 is 5.32 Å². The molecule has 0 bridgehead atoms. The van der Waals surface area contributed by atoms with Gasteiger partial charge in [-0.1, -0.05) is 13.8 Å². The molecule has 0 saturated carbocycles. The number of nitrogens with one attached hydrogen (secondary N) is 1. The van der Waals surface area contributed by atoms with Crippen LogP contribution in [0.3, 0.4) is 0 Å². The summed E-state index contributed by atoms with van der Waals surface area (Å²) in [5.41, 5.74) is 0. The Labute approximate surface area is 113 Å². The minimum absolute atomic E-state index is 0.0526. The lowest BCUT2D eigenvalue weighted by molar-refractivity contribution is -0.137. The van der Waals surface area contributed by atoms with Gasteiger partial charge in [-0.2, -0.15) is 0 Å². The standard InChI is InChI=1S/C12H23N3O4/c1-4-6-14(8-10(16)13-3)12(19)15(7-5-2)9-11(17)18/h4-9H2,1-3H3,(H,13,16)(H,17,18). The Bertz CT molecular complexity index is 320. The molecule has 0 aromatic heterocycles. The monoisotopic (exact) mass is 273 g/mol. The van der Waals surface area contributed by atoms with Crippen LogP contribution in [-0.2, 0) is 9.59 Å². The molecule has 0 heterocycles. The van der Waals surface area contributed by atoms with E-state index in [-0.39, 0.29) is 19.0 Å². The number of amides is 3. The Balaban J connectivity index is 4.79. The molecule has 110 valence electrons. The average molecular weight is 273 g/mol. The molecule has 0 aliphatic carbocycles. The molecule has 0 fully saturated rings. The number of carbonyl (C=O) groups is 3. The van der Waals surface area contributed by atoms with E-state index in [4.69, 9.17) is 5.11 Å². The summed E-state index contributed by atoms with van der Waals surface area (Å²) < 4.78 is 0. The average Bonchev–Trinajstić information content (AvgIpc) is 2.36. The number of hydrogen-bond acceptors (Lipinski definition) is 3. The summed E-state index contributed by atoms with van der Waals surface area (Å²) in [7, 11) is 1.50. The molecule has 0 unspecified atom stereocenters. The van der Waals surface area contributed by atoms with Gasteiger partial charge in [0.05, 0.1) is 0 Å². The summed E-state index contributed by atoms with van der Waals surface area (Å²) in [5, 5.41) is 11.3. The van der Waals surface area contributed by atoms with Crippen LogP contribution in [0.15, 0.2) is 0 Å². The smallest absolute Gasteiger partial charge is 0.323 e. The van der Waals surface area contributed by atoms with E-state index in [9.17, 15) is 14.4 Å². The van der Waals surface area contributed by atoms with Crippen molar-refractivity contribution in [2.24, 2.45) is 0 Å². The van der Waals surface area contributed by atoms with E-state index < -0.39 is 12.0 Å². The third kappa shape index (κ3) is 6.64. The molecule has 2 N–H and O–H groups in total. The van der Waals surface area contributed by atoms with Crippen molar-refractivity contribution >= 4 is 17.9 Å². The highest BCUT2D eigenvalue weighted by molar-refractivity contribution is 5.85. The van der Waals surface area contributed by atoms with Crippen LogP contribution in [-0.4, -0.2) is 66.0 Å². The Morgan fingerprint density at radius 1 is 1.00 bits per heavy atom. The fourth-order valence-electron chi connectivity index (χ4n) is 1.64. The Morgan fingerprint density at radius 3 is 1.84 bits per heavy atom. The number of hydrogen-bond donors (Lipinski definition) is 2. The van der Waals surface area contributed by atoms with E-state index in [2.05, 4.69) is 5.32 Å². The highest BCUT2D eigenvalue weighted by Crippen LogP contribution is 2.02. The van der Waals surface area contributed by atoms with Gasteiger partial charge in [0, 0.05) is 20.1 Å². The van der Waals surface area contributed by atoms with Crippen LogP contribution in [0.2, 0.25) is 0 Å². The second-order valence-corrected chi connectivity index (χ2v) is 4.19. The number of carboxylic acid groups (broad SMARTS) is 1. The molecule has 0 rings (SSSR count). The van der Waals surface area contributed by atoms with E-state index >= 15 is 0 Å². The van der Waals surface area contributed by atoms with Gasteiger partial charge in [0.15, 0.2) is 0 Å². The summed E-state index contributed by atoms with van der Waals surface area (Å²) in [6.45, 7) is 4.14. The molecule has 19 heavy (non-hydrogen) atoms. The van der Waals surface area contributed by atoms with Crippen molar-refractivity contribution < 1.29 is 19.5 Å². The first-order valence-electron chi connectivity index (χ1n) is 6.42. The van der Waals surface area contributed by atoms with Crippen LogP contribution in [0, 0.1) is 0 Å². The highest BCUT2D eigenvalue weighted by atomic mass is 16.4. The van der Waals surface area contributed by atoms with Gasteiger partial charge in [-0.15, -0.1) is 0 Å². The van der Waals surface area contributed by atoms with Crippen LogP contribution in [0.1, 0.15) is 26.7 Å². The highest BCUT2D eigenvalue weighted by Gasteiger charge is 2.23. The SMILES string of the molecule is CCCN(CC(=O)O)C(=O)N(CCC)CC(=O)NC. The lowest BCUT2D eigenvalue weighted by Gasteiger charge is -2.28. The van der Waals surface area contributed by atoms with Crippen molar-refractivity contribution in [3.63, 3.8) is 0 Å². The van der Waals surface area contributed by atoms with Crippen LogP contribution >= 0.6 is 0 Å². The molecule has 7 heteroatoms. The van der Waals surface area contributed by atoms with Gasteiger partial charge in [0.1, 0.15) is 13.1 Å². The third-order valence-corrected chi connectivity index (χ3v) is 2.47. The fourth-order valence-corrected chi connectivity index (χ4v) is 1.64. The number of likely N-dealkylation sites (N-methyl/N-ethyl adjacent to an activating group) is 1. The summed E-state index contributed by atoms with van der Waals surface area (Å²) in [4.78, 5) is 37.0. The van der Waals surface area contributed by atoms with Crippen molar-refractivity contribution in [1.82, 2.24) is 15.1 Å². The second kappa shape index (κ2) is 9.18. The van der Waals surface area contributed by atoms with Gasteiger partial charge >= 0.3 is 12.0 Å². The first-order valence-corrected chi connectivity index (χ1v) is 6.42. The molecule has 0 aromatic carbocycles. The summed E-state index contributed by atoms with van der Waals surface area (Å²) in [6, 6.07) is -0.408. The number of carbonyl (C=O) groups excluding carboxylic acids is 2. The molecule has 0 radical (unpaired) electrons. The molecular weight excluding hydrogens is 250 g/mol. The number of nitrogens with zero attached hydrogens (tertiary/aromatic N) is 2. The minimum Gasteiger partial charge on any atom is -0.480 e. The maximum absolute atomic E-state index is 12.2. The van der Waals surface area contributed by atoms with E-state index in [0.717, 1.165) is 0 Å². The van der Waals surface area contributed by atoms with Crippen molar-refractivity contribution in [3.05, 3.63) is 0 Å². The largest absolute Gasteiger partial charge is 0.480 e. The fraction of sp³-hybridized carbons (Fsp3) is 0.750. The molecule has 7 nitrogen and oxygen atoms in total. The van der Waals surface area contributed by atoms with Crippen LogP contribution in [0.5, 0.6) is 0 Å². The first kappa shape index (κ1) is 17.2. The molecule has 0 spiro atoms. The van der Waals surface area contributed by atoms with E-state index in [0.29, 0.717) is 25.9 Å². The number of carboxylic acids is 1. The molecule has 0 aliphatic heterocycles. The van der Waals surface area contributed by atoms with E-state index in [1.165, 1.54) is 16.8 Å². The molecule has 0 aromatic rings. The Kier molecular flexibility index (Phi) is 8.32. The molecular formula is C12H23N3O4. The van der Waals surface area contributed by atoms with E-state index in [1.807, 2.05) is 13.8 Å². The zero-order valence-electron chi connectivity index (χ0n) is 11.8. The van der Waals surface area contributed by atoms with Gasteiger partial charge in [-0.05, 0) is 12.8 Å². The first-order chi connectivity index (χ1) is 8.96.